The molecule has 0 aliphatic rings. The van der Waals surface area contributed by atoms with Crippen molar-refractivity contribution in [2.75, 3.05) is 13.1 Å². The summed E-state index contributed by atoms with van der Waals surface area (Å²) in [5.41, 5.74) is 0.662. The van der Waals surface area contributed by atoms with E-state index in [1.807, 2.05) is 18.2 Å². The van der Waals surface area contributed by atoms with Crippen molar-refractivity contribution >= 4 is 17.5 Å². The lowest BCUT2D eigenvalue weighted by Crippen LogP contribution is -2.32. The Morgan fingerprint density at radius 1 is 1.35 bits per heavy atom. The minimum Gasteiger partial charge on any atom is -0.333 e. The van der Waals surface area contributed by atoms with Crippen molar-refractivity contribution in [3.8, 4) is 0 Å². The topological polar surface area (TPSA) is 20.3 Å². The largest absolute Gasteiger partial charge is 0.333 e. The molecule has 0 saturated carbocycles. The van der Waals surface area contributed by atoms with Gasteiger partial charge in [-0.05, 0) is 18.6 Å². The minimum atomic E-state index is -0.0331. The van der Waals surface area contributed by atoms with Crippen LogP contribution in [0.15, 0.2) is 54.6 Å². The number of hydrogen-bond acceptors (Lipinski definition) is 1. The maximum Gasteiger partial charge on any atom is 0.254 e. The Hall–Kier alpha value is -1.54. The van der Waals surface area contributed by atoms with Crippen LogP contribution in [0.1, 0.15) is 16.8 Å². The van der Waals surface area contributed by atoms with E-state index >= 15 is 0 Å². The van der Waals surface area contributed by atoms with E-state index in [-0.39, 0.29) is 5.91 Å². The number of carbonyl (C=O) groups excluding carboxylic acids is 1. The smallest absolute Gasteiger partial charge is 0.254 e. The van der Waals surface area contributed by atoms with Crippen molar-refractivity contribution in [1.29, 1.82) is 0 Å². The molecular weight excluding hydrogens is 234 g/mol. The molecule has 0 N–H and O–H groups in total. The normalized spacial score (nSPS) is 9.71. The summed E-state index contributed by atoms with van der Waals surface area (Å²) in [6, 6.07) is 9.15. The van der Waals surface area contributed by atoms with Gasteiger partial charge in [-0.2, -0.15) is 0 Å². The molecule has 0 heterocycles. The van der Waals surface area contributed by atoms with Gasteiger partial charge in [0.1, 0.15) is 0 Å². The molecule has 0 aliphatic carbocycles. The standard InChI is InChI=1S/C14H16ClNO/c1-3-4-10-16(11-12(2)15)14(17)13-8-6-5-7-9-13/h3,5-9H,1-2,4,10-11H2. The molecule has 0 unspecified atom stereocenters. The lowest BCUT2D eigenvalue weighted by atomic mass is 10.2. The van der Waals surface area contributed by atoms with Crippen LogP contribution in [0.25, 0.3) is 0 Å². The second-order valence-electron chi connectivity index (χ2n) is 3.69. The van der Waals surface area contributed by atoms with Crippen molar-refractivity contribution in [1.82, 2.24) is 4.90 Å². The van der Waals surface area contributed by atoms with E-state index in [1.165, 1.54) is 0 Å². The maximum absolute atomic E-state index is 12.2. The van der Waals surface area contributed by atoms with E-state index in [0.29, 0.717) is 23.7 Å². The highest BCUT2D eigenvalue weighted by Crippen LogP contribution is 2.09. The average molecular weight is 250 g/mol. The van der Waals surface area contributed by atoms with Crippen LogP contribution < -0.4 is 0 Å². The van der Waals surface area contributed by atoms with E-state index in [0.717, 1.165) is 6.42 Å². The van der Waals surface area contributed by atoms with Crippen LogP contribution in [0.5, 0.6) is 0 Å². The third kappa shape index (κ3) is 4.45. The molecule has 0 spiro atoms. The van der Waals surface area contributed by atoms with Gasteiger partial charge in [-0.1, -0.05) is 42.5 Å². The number of amides is 1. The minimum absolute atomic E-state index is 0.0331. The Morgan fingerprint density at radius 2 is 2.00 bits per heavy atom. The summed E-state index contributed by atoms with van der Waals surface area (Å²) in [5, 5.41) is 0.457. The Bertz CT molecular complexity index is 400. The van der Waals surface area contributed by atoms with E-state index in [2.05, 4.69) is 13.2 Å². The van der Waals surface area contributed by atoms with Crippen LogP contribution in [0.4, 0.5) is 0 Å². The summed E-state index contributed by atoms with van der Waals surface area (Å²) >= 11 is 5.77. The fourth-order valence-corrected chi connectivity index (χ4v) is 1.61. The molecule has 0 bridgehead atoms. The van der Waals surface area contributed by atoms with Crippen molar-refractivity contribution in [2.24, 2.45) is 0 Å². The number of rotatable bonds is 6. The zero-order valence-corrected chi connectivity index (χ0v) is 10.5. The monoisotopic (exact) mass is 249 g/mol. The zero-order valence-electron chi connectivity index (χ0n) is 9.73. The number of carbonyl (C=O) groups is 1. The summed E-state index contributed by atoms with van der Waals surface area (Å²) in [6.07, 6.45) is 2.52. The predicted octanol–water partition coefficient (Wildman–Crippen LogP) is 3.46. The molecule has 0 fully saturated rings. The second kappa shape index (κ2) is 6.92. The van der Waals surface area contributed by atoms with Crippen molar-refractivity contribution in [2.45, 2.75) is 6.42 Å². The number of hydrogen-bond donors (Lipinski definition) is 0. The average Bonchev–Trinajstić information content (AvgIpc) is 2.34. The fraction of sp³-hybridized carbons (Fsp3) is 0.214. The third-order valence-electron chi connectivity index (χ3n) is 2.27. The summed E-state index contributed by atoms with van der Waals surface area (Å²) in [6.45, 7) is 8.24. The van der Waals surface area contributed by atoms with Crippen molar-refractivity contribution < 1.29 is 4.79 Å². The van der Waals surface area contributed by atoms with E-state index in [9.17, 15) is 4.79 Å². The van der Waals surface area contributed by atoms with Gasteiger partial charge in [0.15, 0.2) is 0 Å². The summed E-state index contributed by atoms with van der Waals surface area (Å²) in [4.78, 5) is 13.9. The van der Waals surface area contributed by atoms with Gasteiger partial charge in [-0.15, -0.1) is 6.58 Å². The maximum atomic E-state index is 12.2. The first-order valence-electron chi connectivity index (χ1n) is 5.43. The van der Waals surface area contributed by atoms with Gasteiger partial charge in [0.25, 0.3) is 5.91 Å². The highest BCUT2D eigenvalue weighted by Gasteiger charge is 2.14. The number of halogens is 1. The highest BCUT2D eigenvalue weighted by atomic mass is 35.5. The van der Waals surface area contributed by atoms with Gasteiger partial charge in [0.2, 0.25) is 0 Å². The Labute approximate surface area is 107 Å². The molecule has 0 aliphatic heterocycles. The number of nitrogens with zero attached hydrogens (tertiary/aromatic N) is 1. The molecule has 0 aromatic heterocycles. The van der Waals surface area contributed by atoms with Crippen LogP contribution in [0.2, 0.25) is 0 Å². The first-order chi connectivity index (χ1) is 8.15. The summed E-state index contributed by atoms with van der Waals surface area (Å²) < 4.78 is 0. The fourth-order valence-electron chi connectivity index (χ4n) is 1.47. The Kier molecular flexibility index (Phi) is 5.50. The predicted molar refractivity (Wildman–Crippen MR) is 72.2 cm³/mol. The Balaban J connectivity index is 2.78. The van der Waals surface area contributed by atoms with E-state index in [1.54, 1.807) is 23.1 Å². The van der Waals surface area contributed by atoms with Gasteiger partial charge in [0.05, 0.1) is 6.54 Å². The molecule has 0 radical (unpaired) electrons. The Morgan fingerprint density at radius 3 is 2.53 bits per heavy atom. The van der Waals surface area contributed by atoms with Gasteiger partial charge < -0.3 is 4.90 Å². The highest BCUT2D eigenvalue weighted by molar-refractivity contribution is 6.29. The first kappa shape index (κ1) is 13.5. The van der Waals surface area contributed by atoms with Crippen molar-refractivity contribution in [3.63, 3.8) is 0 Å². The van der Waals surface area contributed by atoms with Gasteiger partial charge in [-0.25, -0.2) is 0 Å². The molecule has 3 heteroatoms. The summed E-state index contributed by atoms with van der Waals surface area (Å²) in [7, 11) is 0. The van der Waals surface area contributed by atoms with Crippen LogP contribution >= 0.6 is 11.6 Å². The second-order valence-corrected chi connectivity index (χ2v) is 4.22. The molecule has 90 valence electrons. The van der Waals surface area contributed by atoms with Crippen LogP contribution in [-0.4, -0.2) is 23.9 Å². The molecule has 1 aromatic rings. The lowest BCUT2D eigenvalue weighted by molar-refractivity contribution is 0.0775. The zero-order chi connectivity index (χ0) is 12.7. The molecular formula is C14H16ClNO. The summed E-state index contributed by atoms with van der Waals surface area (Å²) in [5.74, 6) is -0.0331. The lowest BCUT2D eigenvalue weighted by Gasteiger charge is -2.21. The van der Waals surface area contributed by atoms with Gasteiger partial charge in [0, 0.05) is 17.1 Å². The van der Waals surface area contributed by atoms with E-state index in [4.69, 9.17) is 11.6 Å². The molecule has 1 rings (SSSR count). The molecule has 1 amide bonds. The van der Waals surface area contributed by atoms with E-state index < -0.39 is 0 Å². The molecule has 1 aromatic carbocycles. The molecule has 0 saturated heterocycles. The van der Waals surface area contributed by atoms with Crippen LogP contribution in [0.3, 0.4) is 0 Å². The van der Waals surface area contributed by atoms with Gasteiger partial charge in [-0.3, -0.25) is 4.79 Å². The van der Waals surface area contributed by atoms with Crippen LogP contribution in [0, 0.1) is 0 Å². The first-order valence-corrected chi connectivity index (χ1v) is 5.81. The molecule has 17 heavy (non-hydrogen) atoms. The van der Waals surface area contributed by atoms with Gasteiger partial charge >= 0.3 is 0 Å². The SMILES string of the molecule is C=CCCN(CC(=C)Cl)C(=O)c1ccccc1. The quantitative estimate of drug-likeness (QED) is 0.707. The third-order valence-corrected chi connectivity index (χ3v) is 2.39. The van der Waals surface area contributed by atoms with Crippen molar-refractivity contribution in [3.05, 3.63) is 60.2 Å². The molecule has 2 nitrogen and oxygen atoms in total. The van der Waals surface area contributed by atoms with Crippen LogP contribution in [-0.2, 0) is 0 Å². The molecule has 0 atom stereocenters. The number of benzene rings is 1.